The lowest BCUT2D eigenvalue weighted by atomic mass is 9.99. The number of nitrogens with two attached hydrogens (primary N) is 1. The molecule has 0 spiro atoms. The van der Waals surface area contributed by atoms with Crippen molar-refractivity contribution < 1.29 is 13.2 Å². The van der Waals surface area contributed by atoms with Gasteiger partial charge in [-0.2, -0.15) is 13.2 Å². The molecule has 0 aromatic heterocycles. The lowest BCUT2D eigenvalue weighted by molar-refractivity contribution is -0.137. The quantitative estimate of drug-likeness (QED) is 0.464. The lowest BCUT2D eigenvalue weighted by Gasteiger charge is -2.17. The molecule has 0 amide bonds. The maximum Gasteiger partial charge on any atom is 0.416 e. The summed E-state index contributed by atoms with van der Waals surface area (Å²) < 4.78 is 37.8. The van der Waals surface area contributed by atoms with Gasteiger partial charge in [0, 0.05) is 6.04 Å². The van der Waals surface area contributed by atoms with Crippen molar-refractivity contribution in [3.05, 3.63) is 35.4 Å². The third kappa shape index (κ3) is 4.31. The van der Waals surface area contributed by atoms with Crippen LogP contribution in [0.15, 0.2) is 24.3 Å². The van der Waals surface area contributed by atoms with Gasteiger partial charge in [-0.05, 0) is 24.1 Å². The van der Waals surface area contributed by atoms with Gasteiger partial charge in [-0.25, -0.2) is 0 Å². The Balaban J connectivity index is 2.79. The second-order valence-electron chi connectivity index (χ2n) is 4.34. The van der Waals surface area contributed by atoms with E-state index in [0.717, 1.165) is 37.8 Å². The van der Waals surface area contributed by atoms with E-state index in [-0.39, 0.29) is 6.04 Å². The summed E-state index contributed by atoms with van der Waals surface area (Å²) in [7, 11) is 0. The molecule has 0 heterocycles. The highest BCUT2D eigenvalue weighted by Gasteiger charge is 2.30. The minimum Gasteiger partial charge on any atom is -0.271 e. The van der Waals surface area contributed by atoms with Crippen LogP contribution in [0.4, 0.5) is 13.2 Å². The number of unbranched alkanes of at least 4 members (excludes halogenated alkanes) is 2. The van der Waals surface area contributed by atoms with Gasteiger partial charge in [0.1, 0.15) is 0 Å². The van der Waals surface area contributed by atoms with E-state index in [1.54, 1.807) is 6.07 Å². The molecule has 0 aliphatic rings. The molecule has 5 heteroatoms. The van der Waals surface area contributed by atoms with Crippen molar-refractivity contribution in [3.63, 3.8) is 0 Å². The smallest absolute Gasteiger partial charge is 0.271 e. The largest absolute Gasteiger partial charge is 0.416 e. The number of hydrazine groups is 1. The minimum absolute atomic E-state index is 0.223. The molecule has 2 nitrogen and oxygen atoms in total. The van der Waals surface area contributed by atoms with Gasteiger partial charge < -0.3 is 0 Å². The van der Waals surface area contributed by atoms with Crippen molar-refractivity contribution in [2.45, 2.75) is 44.8 Å². The summed E-state index contributed by atoms with van der Waals surface area (Å²) >= 11 is 0. The van der Waals surface area contributed by atoms with Crippen molar-refractivity contribution in [3.8, 4) is 0 Å². The lowest BCUT2D eigenvalue weighted by Crippen LogP contribution is -2.28. The summed E-state index contributed by atoms with van der Waals surface area (Å²) in [6, 6.07) is 5.10. The van der Waals surface area contributed by atoms with Gasteiger partial charge in [0.25, 0.3) is 0 Å². The Bertz CT molecular complexity index is 363. The van der Waals surface area contributed by atoms with Crippen LogP contribution < -0.4 is 11.3 Å². The van der Waals surface area contributed by atoms with E-state index in [1.165, 1.54) is 6.07 Å². The van der Waals surface area contributed by atoms with Crippen molar-refractivity contribution in [1.82, 2.24) is 5.43 Å². The zero-order valence-corrected chi connectivity index (χ0v) is 10.4. The van der Waals surface area contributed by atoms with Gasteiger partial charge in [0.15, 0.2) is 0 Å². The zero-order valence-electron chi connectivity index (χ0n) is 10.4. The van der Waals surface area contributed by atoms with Crippen LogP contribution >= 0.6 is 0 Å². The molecule has 1 aromatic carbocycles. The second-order valence-corrected chi connectivity index (χ2v) is 4.34. The van der Waals surface area contributed by atoms with Gasteiger partial charge >= 0.3 is 6.18 Å². The molecule has 1 unspecified atom stereocenters. The maximum absolute atomic E-state index is 12.6. The molecule has 0 fully saturated rings. The highest BCUT2D eigenvalue weighted by atomic mass is 19.4. The van der Waals surface area contributed by atoms with Gasteiger partial charge in [-0.15, -0.1) is 0 Å². The van der Waals surface area contributed by atoms with Crippen LogP contribution in [-0.4, -0.2) is 0 Å². The monoisotopic (exact) mass is 260 g/mol. The highest BCUT2D eigenvalue weighted by Crippen LogP contribution is 2.31. The van der Waals surface area contributed by atoms with Crippen LogP contribution in [0.3, 0.4) is 0 Å². The van der Waals surface area contributed by atoms with E-state index in [0.29, 0.717) is 5.56 Å². The molecule has 1 rings (SSSR count). The van der Waals surface area contributed by atoms with E-state index < -0.39 is 11.7 Å². The normalized spacial score (nSPS) is 13.6. The van der Waals surface area contributed by atoms with Crippen molar-refractivity contribution in [2.24, 2.45) is 5.84 Å². The molecule has 0 aliphatic carbocycles. The predicted molar refractivity (Wildman–Crippen MR) is 65.7 cm³/mol. The van der Waals surface area contributed by atoms with Gasteiger partial charge in [-0.1, -0.05) is 38.3 Å². The Kier molecular flexibility index (Phi) is 5.62. The molecule has 1 aromatic rings. The fourth-order valence-corrected chi connectivity index (χ4v) is 1.88. The fraction of sp³-hybridized carbons (Fsp3) is 0.538. The van der Waals surface area contributed by atoms with Crippen LogP contribution in [0.1, 0.15) is 49.8 Å². The summed E-state index contributed by atoms with van der Waals surface area (Å²) in [5.74, 6) is 5.41. The molecule has 0 radical (unpaired) electrons. The van der Waals surface area contributed by atoms with Gasteiger partial charge in [0.2, 0.25) is 0 Å². The van der Waals surface area contributed by atoms with Crippen LogP contribution in [0, 0.1) is 0 Å². The molecule has 0 saturated carbocycles. The summed E-state index contributed by atoms with van der Waals surface area (Å²) in [6.07, 6.45) is -0.497. The van der Waals surface area contributed by atoms with Crippen molar-refractivity contribution in [2.75, 3.05) is 0 Å². The van der Waals surface area contributed by atoms with E-state index in [1.807, 2.05) is 0 Å². The fourth-order valence-electron chi connectivity index (χ4n) is 1.88. The molecule has 0 bridgehead atoms. The van der Waals surface area contributed by atoms with E-state index >= 15 is 0 Å². The number of hydrogen-bond donors (Lipinski definition) is 2. The average molecular weight is 260 g/mol. The van der Waals surface area contributed by atoms with Crippen LogP contribution in [0.5, 0.6) is 0 Å². The minimum atomic E-state index is -4.31. The predicted octanol–water partition coefficient (Wildman–Crippen LogP) is 3.79. The summed E-state index contributed by atoms with van der Waals surface area (Å²) in [5.41, 5.74) is 2.55. The molecule has 102 valence electrons. The standard InChI is InChI=1S/C13H19F3N2/c1-2-3-4-8-12(18-17)10-6-5-7-11(9-10)13(14,15)16/h5-7,9,12,18H,2-4,8,17H2,1H3. The van der Waals surface area contributed by atoms with E-state index in [2.05, 4.69) is 12.3 Å². The van der Waals surface area contributed by atoms with Crippen LogP contribution in [-0.2, 0) is 6.18 Å². The first-order valence-electron chi connectivity index (χ1n) is 6.12. The van der Waals surface area contributed by atoms with E-state index in [4.69, 9.17) is 5.84 Å². The first-order chi connectivity index (χ1) is 8.49. The maximum atomic E-state index is 12.6. The Hall–Kier alpha value is -1.07. The SMILES string of the molecule is CCCCCC(NN)c1cccc(C(F)(F)F)c1. The molecule has 0 saturated heterocycles. The average Bonchev–Trinajstić information content (AvgIpc) is 2.34. The van der Waals surface area contributed by atoms with Gasteiger partial charge in [-0.3, -0.25) is 11.3 Å². The summed E-state index contributed by atoms with van der Waals surface area (Å²) in [6.45, 7) is 2.08. The Labute approximate surface area is 105 Å². The topological polar surface area (TPSA) is 38.0 Å². The Morgan fingerprint density at radius 2 is 2.00 bits per heavy atom. The van der Waals surface area contributed by atoms with Crippen LogP contribution in [0.2, 0.25) is 0 Å². The molecule has 3 N–H and O–H groups in total. The Morgan fingerprint density at radius 3 is 2.56 bits per heavy atom. The third-order valence-electron chi connectivity index (χ3n) is 2.91. The number of nitrogens with one attached hydrogen (secondary N) is 1. The summed E-state index contributed by atoms with van der Waals surface area (Å²) in [4.78, 5) is 0. The van der Waals surface area contributed by atoms with Crippen LogP contribution in [0.25, 0.3) is 0 Å². The third-order valence-corrected chi connectivity index (χ3v) is 2.91. The summed E-state index contributed by atoms with van der Waals surface area (Å²) in [5, 5.41) is 0. The molecule has 0 aliphatic heterocycles. The highest BCUT2D eigenvalue weighted by molar-refractivity contribution is 5.27. The number of halogens is 3. The van der Waals surface area contributed by atoms with E-state index in [9.17, 15) is 13.2 Å². The molecular weight excluding hydrogens is 241 g/mol. The molecule has 1 atom stereocenters. The first-order valence-corrected chi connectivity index (χ1v) is 6.12. The number of rotatable bonds is 6. The Morgan fingerprint density at radius 1 is 1.28 bits per heavy atom. The van der Waals surface area contributed by atoms with Crippen molar-refractivity contribution >= 4 is 0 Å². The first kappa shape index (κ1) is 15.0. The molecule has 18 heavy (non-hydrogen) atoms. The van der Waals surface area contributed by atoms with Crippen molar-refractivity contribution in [1.29, 1.82) is 0 Å². The number of benzene rings is 1. The zero-order chi connectivity index (χ0) is 13.6. The number of alkyl halides is 3. The molecular formula is C13H19F3N2. The number of hydrogen-bond acceptors (Lipinski definition) is 2. The second kappa shape index (κ2) is 6.75. The van der Waals surface area contributed by atoms with Gasteiger partial charge in [0.05, 0.1) is 5.56 Å².